The Kier molecular flexibility index (Phi) is 4.29. The SMILES string of the molecule is Cc1nccn1[C@H]1CCCN(C(=O)[C@H](C)OCC2CC2)C1. The smallest absolute Gasteiger partial charge is 0.251 e. The summed E-state index contributed by atoms with van der Waals surface area (Å²) >= 11 is 0. The van der Waals surface area contributed by atoms with E-state index >= 15 is 0 Å². The van der Waals surface area contributed by atoms with Crippen molar-refractivity contribution >= 4 is 5.91 Å². The lowest BCUT2D eigenvalue weighted by Crippen LogP contribution is -2.45. The molecule has 2 aliphatic rings. The fourth-order valence-electron chi connectivity index (χ4n) is 3.05. The quantitative estimate of drug-likeness (QED) is 0.835. The van der Waals surface area contributed by atoms with Crippen molar-refractivity contribution in [2.45, 2.75) is 51.7 Å². The number of rotatable bonds is 5. The summed E-state index contributed by atoms with van der Waals surface area (Å²) in [5.74, 6) is 1.86. The van der Waals surface area contributed by atoms with Gasteiger partial charge in [0.05, 0.1) is 12.6 Å². The highest BCUT2D eigenvalue weighted by Gasteiger charge is 2.30. The lowest BCUT2D eigenvalue weighted by Gasteiger charge is -2.35. The number of carbonyl (C=O) groups excluding carboxylic acids is 1. The van der Waals surface area contributed by atoms with Crippen molar-refractivity contribution in [3.05, 3.63) is 18.2 Å². The molecule has 2 atom stereocenters. The topological polar surface area (TPSA) is 47.4 Å². The average molecular weight is 291 g/mol. The predicted octanol–water partition coefficient (Wildman–Crippen LogP) is 2.17. The van der Waals surface area contributed by atoms with E-state index in [1.165, 1.54) is 12.8 Å². The van der Waals surface area contributed by atoms with E-state index in [1.807, 2.05) is 31.1 Å². The van der Waals surface area contributed by atoms with E-state index in [2.05, 4.69) is 9.55 Å². The maximum Gasteiger partial charge on any atom is 0.251 e. The van der Waals surface area contributed by atoms with Crippen LogP contribution in [0.3, 0.4) is 0 Å². The summed E-state index contributed by atoms with van der Waals surface area (Å²) in [6.45, 7) is 6.26. The van der Waals surface area contributed by atoms with Gasteiger partial charge in [0.15, 0.2) is 0 Å². The van der Waals surface area contributed by atoms with Gasteiger partial charge >= 0.3 is 0 Å². The maximum atomic E-state index is 12.5. The Morgan fingerprint density at radius 1 is 1.48 bits per heavy atom. The number of hydrogen-bond donors (Lipinski definition) is 0. The van der Waals surface area contributed by atoms with Crippen LogP contribution in [0.4, 0.5) is 0 Å². The number of amides is 1. The zero-order valence-corrected chi connectivity index (χ0v) is 13.0. The Labute approximate surface area is 126 Å². The Morgan fingerprint density at radius 2 is 2.29 bits per heavy atom. The molecule has 0 aromatic carbocycles. The van der Waals surface area contributed by atoms with Crippen LogP contribution >= 0.6 is 0 Å². The van der Waals surface area contributed by atoms with E-state index in [1.54, 1.807) is 0 Å². The van der Waals surface area contributed by atoms with Gasteiger partial charge in [-0.05, 0) is 45.4 Å². The molecule has 0 N–H and O–H groups in total. The summed E-state index contributed by atoms with van der Waals surface area (Å²) < 4.78 is 7.91. The molecule has 1 amide bonds. The number of aromatic nitrogens is 2. The van der Waals surface area contributed by atoms with Crippen LogP contribution in [0.2, 0.25) is 0 Å². The number of likely N-dealkylation sites (tertiary alicyclic amines) is 1. The van der Waals surface area contributed by atoms with Crippen molar-refractivity contribution in [1.29, 1.82) is 0 Å². The van der Waals surface area contributed by atoms with E-state index in [0.717, 1.165) is 38.4 Å². The third kappa shape index (κ3) is 3.46. The van der Waals surface area contributed by atoms with Gasteiger partial charge in [-0.15, -0.1) is 0 Å². The van der Waals surface area contributed by atoms with Crippen LogP contribution in [-0.2, 0) is 9.53 Å². The Morgan fingerprint density at radius 3 is 2.95 bits per heavy atom. The van der Waals surface area contributed by atoms with Gasteiger partial charge in [0.1, 0.15) is 11.9 Å². The van der Waals surface area contributed by atoms with E-state index in [9.17, 15) is 4.79 Å². The van der Waals surface area contributed by atoms with Gasteiger partial charge in [0.2, 0.25) is 0 Å². The molecule has 3 rings (SSSR count). The van der Waals surface area contributed by atoms with Crippen LogP contribution in [0, 0.1) is 12.8 Å². The molecule has 1 saturated carbocycles. The molecule has 0 radical (unpaired) electrons. The molecule has 1 aliphatic heterocycles. The largest absolute Gasteiger partial charge is 0.368 e. The van der Waals surface area contributed by atoms with Gasteiger partial charge in [-0.3, -0.25) is 4.79 Å². The van der Waals surface area contributed by atoms with Crippen molar-refractivity contribution < 1.29 is 9.53 Å². The summed E-state index contributed by atoms with van der Waals surface area (Å²) in [4.78, 5) is 18.8. The molecular weight excluding hydrogens is 266 g/mol. The fourth-order valence-corrected chi connectivity index (χ4v) is 3.05. The van der Waals surface area contributed by atoms with Gasteiger partial charge in [-0.25, -0.2) is 4.98 Å². The highest BCUT2D eigenvalue weighted by molar-refractivity contribution is 5.80. The molecular formula is C16H25N3O2. The molecule has 21 heavy (non-hydrogen) atoms. The van der Waals surface area contributed by atoms with Crippen LogP contribution < -0.4 is 0 Å². The lowest BCUT2D eigenvalue weighted by atomic mass is 10.0. The highest BCUT2D eigenvalue weighted by atomic mass is 16.5. The summed E-state index contributed by atoms with van der Waals surface area (Å²) in [6, 6.07) is 0.348. The summed E-state index contributed by atoms with van der Waals surface area (Å²) in [5, 5.41) is 0. The van der Waals surface area contributed by atoms with E-state index in [0.29, 0.717) is 12.0 Å². The average Bonchev–Trinajstić information content (AvgIpc) is 3.24. The van der Waals surface area contributed by atoms with Crippen LogP contribution in [0.1, 0.15) is 44.5 Å². The monoisotopic (exact) mass is 291 g/mol. The fraction of sp³-hybridized carbons (Fsp3) is 0.750. The Bertz CT molecular complexity index is 495. The van der Waals surface area contributed by atoms with Crippen molar-refractivity contribution in [2.75, 3.05) is 19.7 Å². The molecule has 1 aromatic rings. The number of hydrogen-bond acceptors (Lipinski definition) is 3. The molecule has 2 heterocycles. The molecule has 0 bridgehead atoms. The van der Waals surface area contributed by atoms with Crippen molar-refractivity contribution in [3.8, 4) is 0 Å². The Balaban J connectivity index is 1.57. The van der Waals surface area contributed by atoms with Gasteiger partial charge in [-0.2, -0.15) is 0 Å². The third-order valence-electron chi connectivity index (χ3n) is 4.59. The first-order valence-corrected chi connectivity index (χ1v) is 8.05. The third-order valence-corrected chi connectivity index (χ3v) is 4.59. The molecule has 5 nitrogen and oxygen atoms in total. The second-order valence-electron chi connectivity index (χ2n) is 6.38. The van der Waals surface area contributed by atoms with Gasteiger partial charge < -0.3 is 14.2 Å². The minimum absolute atomic E-state index is 0.137. The molecule has 0 spiro atoms. The first-order valence-electron chi connectivity index (χ1n) is 8.05. The van der Waals surface area contributed by atoms with Crippen molar-refractivity contribution in [1.82, 2.24) is 14.5 Å². The number of nitrogens with zero attached hydrogens (tertiary/aromatic N) is 3. The van der Waals surface area contributed by atoms with Crippen LogP contribution in [0.5, 0.6) is 0 Å². The standard InChI is InChI=1S/C16H25N3O2/c1-12(21-11-14-5-6-14)16(20)18-8-3-4-15(10-18)19-9-7-17-13(19)2/h7,9,12,14-15H,3-6,8,10-11H2,1-2H3/t12-,15-/m0/s1. The summed E-state index contributed by atoms with van der Waals surface area (Å²) in [6.07, 6.45) is 8.20. The molecule has 0 unspecified atom stereocenters. The van der Waals surface area contributed by atoms with Crippen molar-refractivity contribution in [3.63, 3.8) is 0 Å². The predicted molar refractivity (Wildman–Crippen MR) is 80.0 cm³/mol. The molecule has 2 fully saturated rings. The van der Waals surface area contributed by atoms with Gasteiger partial charge in [0, 0.05) is 25.5 Å². The number of carbonyl (C=O) groups is 1. The zero-order chi connectivity index (χ0) is 14.8. The molecule has 1 aromatic heterocycles. The van der Waals surface area contributed by atoms with Crippen LogP contribution in [-0.4, -0.2) is 46.2 Å². The van der Waals surface area contributed by atoms with Crippen LogP contribution in [0.15, 0.2) is 12.4 Å². The lowest BCUT2D eigenvalue weighted by molar-refractivity contribution is -0.144. The van der Waals surface area contributed by atoms with Gasteiger partial charge in [0.25, 0.3) is 5.91 Å². The number of ether oxygens (including phenoxy) is 1. The van der Waals surface area contributed by atoms with E-state index in [4.69, 9.17) is 4.74 Å². The summed E-state index contributed by atoms with van der Waals surface area (Å²) in [5.41, 5.74) is 0. The minimum Gasteiger partial charge on any atom is -0.368 e. The van der Waals surface area contributed by atoms with Crippen molar-refractivity contribution in [2.24, 2.45) is 5.92 Å². The number of aryl methyl sites for hydroxylation is 1. The highest BCUT2D eigenvalue weighted by Crippen LogP contribution is 2.29. The molecule has 116 valence electrons. The minimum atomic E-state index is -0.312. The van der Waals surface area contributed by atoms with Gasteiger partial charge in [-0.1, -0.05) is 0 Å². The number of imidazole rings is 1. The molecule has 5 heteroatoms. The molecule has 1 aliphatic carbocycles. The van der Waals surface area contributed by atoms with Crippen LogP contribution in [0.25, 0.3) is 0 Å². The second-order valence-corrected chi connectivity index (χ2v) is 6.38. The van der Waals surface area contributed by atoms with E-state index < -0.39 is 0 Å². The first-order chi connectivity index (χ1) is 10.1. The first kappa shape index (κ1) is 14.6. The summed E-state index contributed by atoms with van der Waals surface area (Å²) in [7, 11) is 0. The second kappa shape index (κ2) is 6.18. The Hall–Kier alpha value is -1.36. The molecule has 1 saturated heterocycles. The number of piperidine rings is 1. The normalized spacial score (nSPS) is 24.1. The zero-order valence-electron chi connectivity index (χ0n) is 13.0. The maximum absolute atomic E-state index is 12.5. The van der Waals surface area contributed by atoms with E-state index in [-0.39, 0.29) is 12.0 Å².